The molecule has 0 aliphatic carbocycles. The van der Waals surface area contributed by atoms with E-state index in [-0.39, 0.29) is 11.7 Å². The standard InChI is InChI=1S/C25H20FN5O2S/c1-15-22(25-29-28-16(2)33-25)30-31(23(15)17-5-9-19(26)10-6-17)20-11-7-18(8-12-20)24(32)27-14-21-4-3-13-34-21/h3-13H,14H2,1-2H3,(H,27,32). The Labute approximate surface area is 198 Å². The number of hydrogen-bond donors (Lipinski definition) is 1. The summed E-state index contributed by atoms with van der Waals surface area (Å²) >= 11 is 1.60. The largest absolute Gasteiger partial charge is 0.420 e. The number of thiophene rings is 1. The molecule has 0 aliphatic heterocycles. The number of halogens is 1. The second kappa shape index (κ2) is 9.03. The van der Waals surface area contributed by atoms with Gasteiger partial charge in [-0.25, -0.2) is 9.07 Å². The van der Waals surface area contributed by atoms with E-state index in [1.165, 1.54) is 12.1 Å². The van der Waals surface area contributed by atoms with E-state index in [1.807, 2.05) is 36.6 Å². The van der Waals surface area contributed by atoms with Gasteiger partial charge in [0.2, 0.25) is 5.89 Å². The zero-order chi connectivity index (χ0) is 23.7. The minimum absolute atomic E-state index is 0.155. The van der Waals surface area contributed by atoms with Crippen LogP contribution in [-0.4, -0.2) is 25.9 Å². The molecule has 3 aromatic heterocycles. The van der Waals surface area contributed by atoms with Crippen molar-refractivity contribution in [2.24, 2.45) is 0 Å². The van der Waals surface area contributed by atoms with Gasteiger partial charge in [0.05, 0.1) is 17.9 Å². The summed E-state index contributed by atoms with van der Waals surface area (Å²) in [4.78, 5) is 13.6. The molecule has 9 heteroatoms. The highest BCUT2D eigenvalue weighted by Crippen LogP contribution is 2.33. The number of carbonyl (C=O) groups is 1. The van der Waals surface area contributed by atoms with Gasteiger partial charge in [0.25, 0.3) is 11.8 Å². The van der Waals surface area contributed by atoms with Crippen molar-refractivity contribution < 1.29 is 13.6 Å². The normalized spacial score (nSPS) is 11.0. The quantitative estimate of drug-likeness (QED) is 0.360. The topological polar surface area (TPSA) is 85.8 Å². The Balaban J connectivity index is 1.50. The van der Waals surface area contributed by atoms with E-state index in [0.717, 1.165) is 27.4 Å². The molecule has 0 aliphatic rings. The third-order valence-electron chi connectivity index (χ3n) is 5.35. The maximum absolute atomic E-state index is 13.6. The van der Waals surface area contributed by atoms with Crippen LogP contribution in [0.1, 0.15) is 26.7 Å². The number of nitrogens with one attached hydrogen (secondary N) is 1. The van der Waals surface area contributed by atoms with Crippen molar-refractivity contribution in [2.45, 2.75) is 20.4 Å². The van der Waals surface area contributed by atoms with Gasteiger partial charge in [-0.3, -0.25) is 4.79 Å². The van der Waals surface area contributed by atoms with Gasteiger partial charge in [-0.1, -0.05) is 6.07 Å². The van der Waals surface area contributed by atoms with E-state index in [1.54, 1.807) is 47.2 Å². The number of aryl methyl sites for hydroxylation is 1. The lowest BCUT2D eigenvalue weighted by Gasteiger charge is -2.10. The van der Waals surface area contributed by atoms with E-state index in [0.29, 0.717) is 29.6 Å². The number of amides is 1. The number of carbonyl (C=O) groups excluding carboxylic acids is 1. The Bertz CT molecular complexity index is 1440. The first-order chi connectivity index (χ1) is 16.5. The summed E-state index contributed by atoms with van der Waals surface area (Å²) in [5.74, 6) is 0.266. The van der Waals surface area contributed by atoms with Gasteiger partial charge in [0, 0.05) is 28.5 Å². The Hall–Kier alpha value is -4.11. The molecule has 0 unspecified atom stereocenters. The van der Waals surface area contributed by atoms with E-state index < -0.39 is 0 Å². The maximum atomic E-state index is 13.6. The molecule has 3 heterocycles. The van der Waals surface area contributed by atoms with E-state index >= 15 is 0 Å². The van der Waals surface area contributed by atoms with Gasteiger partial charge in [0.1, 0.15) is 5.82 Å². The Morgan fingerprint density at radius 1 is 1.06 bits per heavy atom. The van der Waals surface area contributed by atoms with Crippen LogP contribution in [0.5, 0.6) is 0 Å². The first-order valence-electron chi connectivity index (χ1n) is 10.6. The molecule has 0 radical (unpaired) electrons. The second-order valence-corrected chi connectivity index (χ2v) is 8.71. The van der Waals surface area contributed by atoms with Crippen molar-refractivity contribution in [2.75, 3.05) is 0 Å². The Kier molecular flexibility index (Phi) is 5.77. The monoisotopic (exact) mass is 473 g/mol. The fourth-order valence-corrected chi connectivity index (χ4v) is 4.31. The number of benzene rings is 2. The summed E-state index contributed by atoms with van der Waals surface area (Å²) in [5, 5.41) is 17.7. The molecule has 0 spiro atoms. The van der Waals surface area contributed by atoms with E-state index in [2.05, 4.69) is 15.5 Å². The molecule has 5 rings (SSSR count). The molecule has 1 amide bonds. The highest BCUT2D eigenvalue weighted by molar-refractivity contribution is 7.09. The number of aromatic nitrogens is 4. The predicted molar refractivity (Wildman–Crippen MR) is 127 cm³/mol. The molecule has 34 heavy (non-hydrogen) atoms. The Morgan fingerprint density at radius 2 is 1.82 bits per heavy atom. The lowest BCUT2D eigenvalue weighted by atomic mass is 10.1. The molecule has 7 nitrogen and oxygen atoms in total. The summed E-state index contributed by atoms with van der Waals surface area (Å²) < 4.78 is 20.9. The summed E-state index contributed by atoms with van der Waals surface area (Å²) in [6, 6.07) is 17.3. The van der Waals surface area contributed by atoms with Crippen LogP contribution in [0.25, 0.3) is 28.5 Å². The molecule has 170 valence electrons. The van der Waals surface area contributed by atoms with Gasteiger partial charge in [-0.15, -0.1) is 21.5 Å². The second-order valence-electron chi connectivity index (χ2n) is 7.68. The maximum Gasteiger partial charge on any atom is 0.268 e. The Morgan fingerprint density at radius 3 is 2.47 bits per heavy atom. The van der Waals surface area contributed by atoms with Gasteiger partial charge in [-0.05, 0) is 66.9 Å². The van der Waals surface area contributed by atoms with Crippen molar-refractivity contribution in [3.63, 3.8) is 0 Å². The van der Waals surface area contributed by atoms with Crippen LogP contribution < -0.4 is 5.32 Å². The number of nitrogens with zero attached hydrogens (tertiary/aromatic N) is 4. The average molecular weight is 474 g/mol. The zero-order valence-electron chi connectivity index (χ0n) is 18.4. The van der Waals surface area contributed by atoms with Crippen LogP contribution in [0.3, 0.4) is 0 Å². The van der Waals surface area contributed by atoms with Gasteiger partial charge in [0.15, 0.2) is 5.69 Å². The fraction of sp³-hybridized carbons (Fsp3) is 0.120. The molecule has 0 saturated carbocycles. The fourth-order valence-electron chi connectivity index (χ4n) is 3.66. The molecule has 2 aromatic carbocycles. The van der Waals surface area contributed by atoms with Crippen LogP contribution >= 0.6 is 11.3 Å². The van der Waals surface area contributed by atoms with Crippen molar-refractivity contribution >= 4 is 17.2 Å². The molecule has 0 saturated heterocycles. The van der Waals surface area contributed by atoms with Crippen molar-refractivity contribution in [1.29, 1.82) is 0 Å². The minimum atomic E-state index is -0.321. The van der Waals surface area contributed by atoms with Gasteiger partial charge < -0.3 is 9.73 Å². The summed E-state index contributed by atoms with van der Waals surface area (Å²) in [6.45, 7) is 4.10. The molecular formula is C25H20FN5O2S. The van der Waals surface area contributed by atoms with Crippen LogP contribution in [0, 0.1) is 19.7 Å². The first kappa shape index (κ1) is 21.7. The highest BCUT2D eigenvalue weighted by Gasteiger charge is 2.22. The predicted octanol–water partition coefficient (Wildman–Crippen LogP) is 5.34. The van der Waals surface area contributed by atoms with Crippen LogP contribution in [0.15, 0.2) is 70.5 Å². The molecule has 0 bridgehead atoms. The number of hydrogen-bond acceptors (Lipinski definition) is 6. The van der Waals surface area contributed by atoms with E-state index in [9.17, 15) is 9.18 Å². The number of rotatable bonds is 6. The average Bonchev–Trinajstić information content (AvgIpc) is 3.59. The highest BCUT2D eigenvalue weighted by atomic mass is 32.1. The van der Waals surface area contributed by atoms with E-state index in [4.69, 9.17) is 9.52 Å². The lowest BCUT2D eigenvalue weighted by Crippen LogP contribution is -2.22. The smallest absolute Gasteiger partial charge is 0.268 e. The summed E-state index contributed by atoms with van der Waals surface area (Å²) in [5.41, 5.74) is 4.18. The summed E-state index contributed by atoms with van der Waals surface area (Å²) in [6.07, 6.45) is 0. The van der Waals surface area contributed by atoms with Crippen molar-refractivity contribution in [1.82, 2.24) is 25.3 Å². The molecule has 5 aromatic rings. The SMILES string of the molecule is Cc1nnc(-c2nn(-c3ccc(C(=O)NCc4cccs4)cc3)c(-c3ccc(F)cc3)c2C)o1. The third-order valence-corrected chi connectivity index (χ3v) is 6.22. The minimum Gasteiger partial charge on any atom is -0.420 e. The van der Waals surface area contributed by atoms with Crippen molar-refractivity contribution in [3.8, 4) is 28.5 Å². The van der Waals surface area contributed by atoms with Crippen LogP contribution in [-0.2, 0) is 6.54 Å². The molecule has 1 N–H and O–H groups in total. The third kappa shape index (κ3) is 4.25. The first-order valence-corrected chi connectivity index (χ1v) is 11.4. The van der Waals surface area contributed by atoms with Crippen molar-refractivity contribution in [3.05, 3.63) is 93.8 Å². The van der Waals surface area contributed by atoms with Crippen LogP contribution in [0.2, 0.25) is 0 Å². The summed E-state index contributed by atoms with van der Waals surface area (Å²) in [7, 11) is 0. The lowest BCUT2D eigenvalue weighted by molar-refractivity contribution is 0.0951. The van der Waals surface area contributed by atoms with Gasteiger partial charge in [-0.2, -0.15) is 5.10 Å². The molecular weight excluding hydrogens is 453 g/mol. The van der Waals surface area contributed by atoms with Crippen LogP contribution in [0.4, 0.5) is 4.39 Å². The molecule has 0 fully saturated rings. The zero-order valence-corrected chi connectivity index (χ0v) is 19.3. The molecule has 0 atom stereocenters. The van der Waals surface area contributed by atoms with Gasteiger partial charge >= 0.3 is 0 Å².